The summed E-state index contributed by atoms with van der Waals surface area (Å²) in [6.45, 7) is 2.47. The van der Waals surface area contributed by atoms with Crippen LogP contribution in [0.2, 0.25) is 4.34 Å². The van der Waals surface area contributed by atoms with E-state index in [4.69, 9.17) is 16.7 Å². The summed E-state index contributed by atoms with van der Waals surface area (Å²) >= 11 is 7.38. The normalized spacial score (nSPS) is 10.3. The molecule has 2 N–H and O–H groups in total. The molecule has 5 heteroatoms. The number of nitrogens with one attached hydrogen (secondary N) is 1. The Hall–Kier alpha value is -1.52. The lowest BCUT2D eigenvalue weighted by atomic mass is 10.1. The lowest BCUT2D eigenvalue weighted by Gasteiger charge is -2.07. The molecule has 3 nitrogen and oxygen atoms in total. The number of aryl methyl sites for hydroxylation is 1. The van der Waals surface area contributed by atoms with Crippen LogP contribution >= 0.6 is 22.9 Å². The van der Waals surface area contributed by atoms with Gasteiger partial charge in [-0.3, -0.25) is 0 Å². The van der Waals surface area contributed by atoms with E-state index in [9.17, 15) is 4.79 Å². The molecule has 1 aromatic heterocycles. The maximum atomic E-state index is 10.9. The van der Waals surface area contributed by atoms with Crippen molar-refractivity contribution in [2.45, 2.75) is 13.5 Å². The minimum absolute atomic E-state index is 0.333. The van der Waals surface area contributed by atoms with Crippen molar-refractivity contribution in [1.29, 1.82) is 0 Å². The van der Waals surface area contributed by atoms with Crippen LogP contribution < -0.4 is 5.32 Å². The monoisotopic (exact) mass is 281 g/mol. The number of carboxylic acid groups (broad SMARTS) is 1. The average Bonchev–Trinajstić information content (AvgIpc) is 2.72. The molecule has 0 saturated heterocycles. The van der Waals surface area contributed by atoms with Crippen LogP contribution in [0.5, 0.6) is 0 Å². The van der Waals surface area contributed by atoms with Gasteiger partial charge in [0.25, 0.3) is 0 Å². The number of thiophene rings is 1. The van der Waals surface area contributed by atoms with Crippen LogP contribution in [0, 0.1) is 6.92 Å². The second-order valence-corrected chi connectivity index (χ2v) is 5.69. The minimum Gasteiger partial charge on any atom is -0.478 e. The summed E-state index contributed by atoms with van der Waals surface area (Å²) < 4.78 is 0.768. The molecule has 0 aliphatic heterocycles. The molecule has 1 heterocycles. The largest absolute Gasteiger partial charge is 0.478 e. The molecule has 0 bridgehead atoms. The third-order valence-electron chi connectivity index (χ3n) is 2.55. The number of benzene rings is 1. The Balaban J connectivity index is 2.06. The zero-order chi connectivity index (χ0) is 13.1. The fourth-order valence-corrected chi connectivity index (χ4v) is 2.68. The Labute approximate surface area is 114 Å². The number of carboxylic acids is 1. The van der Waals surface area contributed by atoms with Gasteiger partial charge < -0.3 is 10.4 Å². The lowest BCUT2D eigenvalue weighted by molar-refractivity contribution is 0.0696. The first-order valence-electron chi connectivity index (χ1n) is 5.38. The van der Waals surface area contributed by atoms with Gasteiger partial charge in [-0.15, -0.1) is 11.3 Å². The summed E-state index contributed by atoms with van der Waals surface area (Å²) in [6, 6.07) is 9.05. The molecular weight excluding hydrogens is 270 g/mol. The first-order chi connectivity index (χ1) is 8.56. The Morgan fingerprint density at radius 1 is 1.39 bits per heavy atom. The third kappa shape index (κ3) is 3.03. The predicted octanol–water partition coefficient (Wildman–Crippen LogP) is 4.02. The molecule has 94 valence electrons. The van der Waals surface area contributed by atoms with Crippen molar-refractivity contribution in [3.05, 3.63) is 50.7 Å². The summed E-state index contributed by atoms with van der Waals surface area (Å²) in [6.07, 6.45) is 0. The second-order valence-electron chi connectivity index (χ2n) is 3.89. The van der Waals surface area contributed by atoms with Gasteiger partial charge >= 0.3 is 5.97 Å². The van der Waals surface area contributed by atoms with Gasteiger partial charge in [0.1, 0.15) is 0 Å². The zero-order valence-electron chi connectivity index (χ0n) is 9.74. The van der Waals surface area contributed by atoms with Crippen molar-refractivity contribution in [2.24, 2.45) is 0 Å². The summed E-state index contributed by atoms with van der Waals surface area (Å²) in [7, 11) is 0. The van der Waals surface area contributed by atoms with Crippen LogP contribution in [-0.2, 0) is 6.54 Å². The highest BCUT2D eigenvalue weighted by Gasteiger charge is 2.07. The number of halogens is 1. The molecule has 0 spiro atoms. The predicted molar refractivity (Wildman–Crippen MR) is 74.8 cm³/mol. The van der Waals surface area contributed by atoms with Gasteiger partial charge in [0.05, 0.1) is 9.90 Å². The maximum Gasteiger partial charge on any atom is 0.335 e. The standard InChI is InChI=1S/C13H12ClNO2S/c1-8-6-9(2-4-11(8)13(16)17)15-7-10-3-5-12(14)18-10/h2-6,15H,7H2,1H3,(H,16,17). The van der Waals surface area contributed by atoms with Crippen LogP contribution in [0.15, 0.2) is 30.3 Å². The van der Waals surface area contributed by atoms with Crippen molar-refractivity contribution in [3.8, 4) is 0 Å². The number of aromatic carboxylic acids is 1. The Bertz CT molecular complexity index is 580. The van der Waals surface area contributed by atoms with Crippen molar-refractivity contribution in [1.82, 2.24) is 0 Å². The first-order valence-corrected chi connectivity index (χ1v) is 6.58. The highest BCUT2D eigenvalue weighted by Crippen LogP contribution is 2.23. The second kappa shape index (κ2) is 5.42. The molecule has 2 aromatic rings. The molecule has 0 atom stereocenters. The summed E-state index contributed by atoms with van der Waals surface area (Å²) in [5.41, 5.74) is 1.98. The van der Waals surface area contributed by atoms with Crippen LogP contribution in [0.1, 0.15) is 20.8 Å². The van der Waals surface area contributed by atoms with E-state index < -0.39 is 5.97 Å². The zero-order valence-corrected chi connectivity index (χ0v) is 11.3. The minimum atomic E-state index is -0.899. The smallest absolute Gasteiger partial charge is 0.335 e. The third-order valence-corrected chi connectivity index (χ3v) is 3.78. The van der Waals surface area contributed by atoms with E-state index in [1.165, 1.54) is 11.3 Å². The van der Waals surface area contributed by atoms with Crippen molar-refractivity contribution in [3.63, 3.8) is 0 Å². The van der Waals surface area contributed by atoms with E-state index in [0.717, 1.165) is 20.5 Å². The van der Waals surface area contributed by atoms with E-state index in [0.29, 0.717) is 12.1 Å². The van der Waals surface area contributed by atoms with Gasteiger partial charge in [-0.05, 0) is 42.8 Å². The summed E-state index contributed by atoms with van der Waals surface area (Å²) in [5.74, 6) is -0.899. The summed E-state index contributed by atoms with van der Waals surface area (Å²) in [4.78, 5) is 12.0. The van der Waals surface area contributed by atoms with Gasteiger partial charge in [-0.2, -0.15) is 0 Å². The van der Waals surface area contributed by atoms with Gasteiger partial charge in [0.2, 0.25) is 0 Å². The van der Waals surface area contributed by atoms with Gasteiger partial charge in [0.15, 0.2) is 0 Å². The SMILES string of the molecule is Cc1cc(NCc2ccc(Cl)s2)ccc1C(=O)O. The number of hydrogen-bond donors (Lipinski definition) is 2. The number of rotatable bonds is 4. The molecule has 0 unspecified atom stereocenters. The molecule has 0 aliphatic rings. The van der Waals surface area contributed by atoms with Gasteiger partial charge in [-0.1, -0.05) is 11.6 Å². The molecule has 0 amide bonds. The Kier molecular flexibility index (Phi) is 3.89. The lowest BCUT2D eigenvalue weighted by Crippen LogP contribution is -2.02. The van der Waals surface area contributed by atoms with E-state index in [1.54, 1.807) is 19.1 Å². The fraction of sp³-hybridized carbons (Fsp3) is 0.154. The van der Waals surface area contributed by atoms with E-state index in [1.807, 2.05) is 18.2 Å². The van der Waals surface area contributed by atoms with Crippen LogP contribution in [0.4, 0.5) is 5.69 Å². The maximum absolute atomic E-state index is 10.9. The van der Waals surface area contributed by atoms with E-state index >= 15 is 0 Å². The molecular formula is C13H12ClNO2S. The van der Waals surface area contributed by atoms with Crippen molar-refractivity contribution >= 4 is 34.6 Å². The Morgan fingerprint density at radius 2 is 2.17 bits per heavy atom. The Morgan fingerprint density at radius 3 is 2.72 bits per heavy atom. The van der Waals surface area contributed by atoms with Crippen LogP contribution in [0.3, 0.4) is 0 Å². The van der Waals surface area contributed by atoms with Crippen molar-refractivity contribution in [2.75, 3.05) is 5.32 Å². The first kappa shape index (κ1) is 12.9. The van der Waals surface area contributed by atoms with Gasteiger partial charge in [-0.25, -0.2) is 4.79 Å². The quantitative estimate of drug-likeness (QED) is 0.890. The fourth-order valence-electron chi connectivity index (χ4n) is 1.65. The average molecular weight is 282 g/mol. The molecule has 0 fully saturated rings. The molecule has 2 rings (SSSR count). The number of anilines is 1. The molecule has 1 aromatic carbocycles. The molecule has 0 aliphatic carbocycles. The molecule has 0 radical (unpaired) electrons. The van der Waals surface area contributed by atoms with Crippen molar-refractivity contribution < 1.29 is 9.90 Å². The topological polar surface area (TPSA) is 49.3 Å². The van der Waals surface area contributed by atoms with E-state index in [2.05, 4.69) is 5.32 Å². The molecule has 0 saturated carbocycles. The number of hydrogen-bond acceptors (Lipinski definition) is 3. The number of carbonyl (C=O) groups is 1. The summed E-state index contributed by atoms with van der Waals surface area (Å²) in [5, 5.41) is 12.2. The van der Waals surface area contributed by atoms with Gasteiger partial charge in [0, 0.05) is 17.1 Å². The van der Waals surface area contributed by atoms with Crippen LogP contribution in [0.25, 0.3) is 0 Å². The molecule has 18 heavy (non-hydrogen) atoms. The van der Waals surface area contributed by atoms with Crippen LogP contribution in [-0.4, -0.2) is 11.1 Å². The highest BCUT2D eigenvalue weighted by atomic mass is 35.5. The highest BCUT2D eigenvalue weighted by molar-refractivity contribution is 7.16. The van der Waals surface area contributed by atoms with E-state index in [-0.39, 0.29) is 0 Å².